The third-order valence-electron chi connectivity index (χ3n) is 6.23. The molecule has 2 bridgehead atoms. The standard InChI is InChI=1S/C18H25N5O/c1-11-16(10-19-23(11)15-4-2-3-5-15)18-21-17(22-24-18)12-8-13-6-7-14(9-12)20-13/h10,12-15,20H,2-9H2,1H3. The summed E-state index contributed by atoms with van der Waals surface area (Å²) in [6, 6.07) is 1.83. The fourth-order valence-electron chi connectivity index (χ4n) is 4.93. The van der Waals surface area contributed by atoms with Crippen molar-refractivity contribution in [2.45, 2.75) is 82.3 Å². The third kappa shape index (κ3) is 2.39. The lowest BCUT2D eigenvalue weighted by Crippen LogP contribution is -2.37. The molecule has 5 rings (SSSR count). The molecular weight excluding hydrogens is 302 g/mol. The molecule has 2 aromatic heterocycles. The minimum absolute atomic E-state index is 0.437. The van der Waals surface area contributed by atoms with E-state index in [4.69, 9.17) is 9.51 Å². The van der Waals surface area contributed by atoms with E-state index in [-0.39, 0.29) is 0 Å². The highest BCUT2D eigenvalue weighted by molar-refractivity contribution is 5.55. The molecule has 3 fully saturated rings. The number of piperidine rings is 1. The minimum Gasteiger partial charge on any atom is -0.334 e. The molecule has 1 saturated carbocycles. The fourth-order valence-corrected chi connectivity index (χ4v) is 4.93. The van der Waals surface area contributed by atoms with E-state index in [0.29, 0.717) is 29.9 Å². The molecule has 6 heteroatoms. The van der Waals surface area contributed by atoms with Crippen LogP contribution in [0.3, 0.4) is 0 Å². The molecule has 1 aliphatic carbocycles. The third-order valence-corrected chi connectivity index (χ3v) is 6.23. The van der Waals surface area contributed by atoms with E-state index in [1.165, 1.54) is 38.5 Å². The van der Waals surface area contributed by atoms with Gasteiger partial charge in [-0.15, -0.1) is 0 Å². The number of rotatable bonds is 3. The highest BCUT2D eigenvalue weighted by Crippen LogP contribution is 2.37. The molecule has 2 unspecified atom stereocenters. The maximum atomic E-state index is 5.62. The van der Waals surface area contributed by atoms with Crippen LogP contribution in [0.15, 0.2) is 10.7 Å². The SMILES string of the molecule is Cc1c(-c2nc(C3CC4CCC(C3)N4)no2)cnn1C1CCCC1. The number of aromatic nitrogens is 4. The van der Waals surface area contributed by atoms with Gasteiger partial charge < -0.3 is 9.84 Å². The van der Waals surface area contributed by atoms with Crippen LogP contribution in [-0.4, -0.2) is 32.0 Å². The molecule has 2 aliphatic heterocycles. The van der Waals surface area contributed by atoms with Crippen molar-refractivity contribution >= 4 is 0 Å². The highest BCUT2D eigenvalue weighted by Gasteiger charge is 2.36. The normalized spacial score (nSPS) is 30.3. The molecule has 0 radical (unpaired) electrons. The van der Waals surface area contributed by atoms with Gasteiger partial charge in [-0.3, -0.25) is 4.68 Å². The van der Waals surface area contributed by atoms with E-state index in [2.05, 4.69) is 27.2 Å². The van der Waals surface area contributed by atoms with Gasteiger partial charge in [0.2, 0.25) is 0 Å². The average molecular weight is 327 g/mol. The van der Waals surface area contributed by atoms with Crippen LogP contribution < -0.4 is 5.32 Å². The Hall–Kier alpha value is -1.69. The Morgan fingerprint density at radius 3 is 2.62 bits per heavy atom. The van der Waals surface area contributed by atoms with Crippen molar-refractivity contribution in [1.29, 1.82) is 0 Å². The Kier molecular flexibility index (Phi) is 3.47. The van der Waals surface area contributed by atoms with Gasteiger partial charge in [0.15, 0.2) is 5.82 Å². The minimum atomic E-state index is 0.437. The highest BCUT2D eigenvalue weighted by atomic mass is 16.5. The molecule has 2 atom stereocenters. The summed E-state index contributed by atoms with van der Waals surface area (Å²) in [6.45, 7) is 2.12. The van der Waals surface area contributed by atoms with Crippen LogP contribution in [0.4, 0.5) is 0 Å². The number of nitrogens with zero attached hydrogens (tertiary/aromatic N) is 4. The lowest BCUT2D eigenvalue weighted by atomic mass is 9.92. The molecule has 3 aliphatic rings. The van der Waals surface area contributed by atoms with Crippen LogP contribution in [-0.2, 0) is 0 Å². The topological polar surface area (TPSA) is 68.8 Å². The van der Waals surface area contributed by atoms with Crippen LogP contribution in [0.1, 0.15) is 74.8 Å². The van der Waals surface area contributed by atoms with Gasteiger partial charge in [-0.05, 0) is 45.4 Å². The second-order valence-electron chi connectivity index (χ2n) is 7.79. The number of nitrogens with one attached hydrogen (secondary N) is 1. The van der Waals surface area contributed by atoms with Crippen molar-refractivity contribution in [3.05, 3.63) is 17.7 Å². The van der Waals surface area contributed by atoms with Crippen LogP contribution in [0, 0.1) is 6.92 Å². The van der Waals surface area contributed by atoms with Gasteiger partial charge in [0.1, 0.15) is 0 Å². The van der Waals surface area contributed by atoms with Crippen molar-refractivity contribution in [2.24, 2.45) is 0 Å². The summed E-state index contributed by atoms with van der Waals surface area (Å²) in [4.78, 5) is 4.74. The summed E-state index contributed by atoms with van der Waals surface area (Å²) in [5.74, 6) is 1.96. The summed E-state index contributed by atoms with van der Waals surface area (Å²) in [6.07, 6.45) is 11.8. The molecule has 2 saturated heterocycles. The van der Waals surface area contributed by atoms with Crippen molar-refractivity contribution in [1.82, 2.24) is 25.2 Å². The summed E-state index contributed by atoms with van der Waals surface area (Å²) < 4.78 is 7.78. The predicted molar refractivity (Wildman–Crippen MR) is 89.7 cm³/mol. The summed E-state index contributed by atoms with van der Waals surface area (Å²) in [7, 11) is 0. The van der Waals surface area contributed by atoms with Gasteiger partial charge in [-0.1, -0.05) is 18.0 Å². The van der Waals surface area contributed by atoms with Gasteiger partial charge in [0, 0.05) is 23.7 Å². The van der Waals surface area contributed by atoms with E-state index in [9.17, 15) is 0 Å². The zero-order chi connectivity index (χ0) is 16.1. The largest absolute Gasteiger partial charge is 0.334 e. The van der Waals surface area contributed by atoms with Gasteiger partial charge in [0.05, 0.1) is 17.8 Å². The number of hydrogen-bond acceptors (Lipinski definition) is 5. The molecule has 0 spiro atoms. The summed E-state index contributed by atoms with van der Waals surface area (Å²) >= 11 is 0. The molecular formula is C18H25N5O. The van der Waals surface area contributed by atoms with Gasteiger partial charge in [0.25, 0.3) is 5.89 Å². The lowest BCUT2D eigenvalue weighted by molar-refractivity contribution is 0.340. The van der Waals surface area contributed by atoms with Gasteiger partial charge >= 0.3 is 0 Å². The Balaban J connectivity index is 1.39. The number of fused-ring (bicyclic) bond motifs is 2. The smallest absolute Gasteiger partial charge is 0.261 e. The maximum absolute atomic E-state index is 5.62. The first-order chi connectivity index (χ1) is 11.8. The van der Waals surface area contributed by atoms with Crippen LogP contribution in [0.25, 0.3) is 11.5 Å². The van der Waals surface area contributed by atoms with Crippen LogP contribution in [0.5, 0.6) is 0 Å². The predicted octanol–water partition coefficient (Wildman–Crippen LogP) is 3.35. The van der Waals surface area contributed by atoms with E-state index in [0.717, 1.165) is 29.9 Å². The van der Waals surface area contributed by atoms with Crippen LogP contribution >= 0.6 is 0 Å². The first-order valence-electron chi connectivity index (χ1n) is 9.42. The summed E-state index contributed by atoms with van der Waals surface area (Å²) in [5.41, 5.74) is 2.15. The van der Waals surface area contributed by atoms with Crippen molar-refractivity contribution < 1.29 is 4.52 Å². The molecule has 0 amide bonds. The second-order valence-corrected chi connectivity index (χ2v) is 7.79. The first kappa shape index (κ1) is 14.6. The molecule has 4 heterocycles. The average Bonchev–Trinajstić information content (AvgIpc) is 3.34. The Morgan fingerprint density at radius 2 is 1.88 bits per heavy atom. The van der Waals surface area contributed by atoms with E-state index in [1.54, 1.807) is 0 Å². The molecule has 128 valence electrons. The monoisotopic (exact) mass is 327 g/mol. The Morgan fingerprint density at radius 1 is 1.12 bits per heavy atom. The molecule has 6 nitrogen and oxygen atoms in total. The summed E-state index contributed by atoms with van der Waals surface area (Å²) in [5, 5.41) is 12.6. The van der Waals surface area contributed by atoms with E-state index < -0.39 is 0 Å². The Bertz CT molecular complexity index is 718. The quantitative estimate of drug-likeness (QED) is 0.936. The van der Waals surface area contributed by atoms with Crippen molar-refractivity contribution in [2.75, 3.05) is 0 Å². The van der Waals surface area contributed by atoms with Crippen molar-refractivity contribution in [3.63, 3.8) is 0 Å². The maximum Gasteiger partial charge on any atom is 0.261 e. The van der Waals surface area contributed by atoms with Gasteiger partial charge in [-0.25, -0.2) is 0 Å². The van der Waals surface area contributed by atoms with Gasteiger partial charge in [-0.2, -0.15) is 10.1 Å². The van der Waals surface area contributed by atoms with E-state index >= 15 is 0 Å². The molecule has 2 aromatic rings. The van der Waals surface area contributed by atoms with E-state index in [1.807, 2.05) is 6.20 Å². The fraction of sp³-hybridized carbons (Fsp3) is 0.722. The molecule has 1 N–H and O–H groups in total. The second kappa shape index (κ2) is 5.69. The zero-order valence-electron chi connectivity index (χ0n) is 14.2. The van der Waals surface area contributed by atoms with Crippen LogP contribution in [0.2, 0.25) is 0 Å². The van der Waals surface area contributed by atoms with Crippen molar-refractivity contribution in [3.8, 4) is 11.5 Å². The number of hydrogen-bond donors (Lipinski definition) is 1. The first-order valence-corrected chi connectivity index (χ1v) is 9.42. The molecule has 0 aromatic carbocycles. The Labute approximate surface area is 142 Å². The zero-order valence-corrected chi connectivity index (χ0v) is 14.2. The molecule has 24 heavy (non-hydrogen) atoms. The lowest BCUT2D eigenvalue weighted by Gasteiger charge is -2.26.